The maximum atomic E-state index is 4.58. The van der Waals surface area contributed by atoms with E-state index in [1.165, 1.54) is 6.42 Å². The normalized spacial score (nSPS) is 42.3. The third-order valence-electron chi connectivity index (χ3n) is 5.89. The molecule has 0 N–H and O–H groups in total. The largest absolute Gasteiger partial charge is 0.297 e. The van der Waals surface area contributed by atoms with E-state index in [4.69, 9.17) is 0 Å². The quantitative estimate of drug-likeness (QED) is 0.780. The van der Waals surface area contributed by atoms with Gasteiger partial charge < -0.3 is 0 Å². The lowest BCUT2D eigenvalue weighted by atomic mass is 9.82. The van der Waals surface area contributed by atoms with Gasteiger partial charge in [0.25, 0.3) is 0 Å². The van der Waals surface area contributed by atoms with Crippen molar-refractivity contribution in [1.82, 2.24) is 9.91 Å². The van der Waals surface area contributed by atoms with E-state index >= 15 is 0 Å². The first-order chi connectivity index (χ1) is 10.1. The van der Waals surface area contributed by atoms with Crippen LogP contribution in [0.1, 0.15) is 34.1 Å². The molecule has 6 atom stereocenters. The van der Waals surface area contributed by atoms with Crippen molar-refractivity contribution in [3.63, 3.8) is 0 Å². The standard InChI is InChI=1S/C15H26N6/c1-8(2)20(9(3)4)5-6-21-15-11-7-10(14(15)18-19-21)12-13(11)17-16-12/h8-15H,5-7H2,1-4H3/t10-,11+,12+,13-,14-,15+/m0/s1. The number of azo groups is 1. The average molecular weight is 290 g/mol. The first-order valence-electron chi connectivity index (χ1n) is 8.41. The van der Waals surface area contributed by atoms with E-state index in [1.54, 1.807) is 0 Å². The molecule has 0 spiro atoms. The highest BCUT2D eigenvalue weighted by Gasteiger charge is 2.65. The first kappa shape index (κ1) is 13.6. The third kappa shape index (κ3) is 1.87. The second-order valence-electron chi connectivity index (χ2n) is 7.55. The molecule has 0 amide bonds. The van der Waals surface area contributed by atoms with Gasteiger partial charge in [0.05, 0.1) is 12.6 Å². The average Bonchev–Trinajstić information content (AvgIpc) is 2.97. The van der Waals surface area contributed by atoms with Crippen LogP contribution >= 0.6 is 0 Å². The molecular weight excluding hydrogens is 264 g/mol. The molecule has 2 bridgehead atoms. The van der Waals surface area contributed by atoms with Crippen LogP contribution in [-0.4, -0.2) is 59.2 Å². The SMILES string of the molecule is CC(C)N(CCN1N=N[C@H]2[C@H]3C[C@H]([C@@H]4N=N[C@H]34)[C@H]21)C(C)C. The Kier molecular flexibility index (Phi) is 3.07. The first-order valence-corrected chi connectivity index (χ1v) is 8.41. The number of nitrogens with zero attached hydrogens (tertiary/aromatic N) is 6. The number of hydrogen-bond acceptors (Lipinski definition) is 6. The van der Waals surface area contributed by atoms with Gasteiger partial charge in [0, 0.05) is 30.5 Å². The number of hydrogen-bond donors (Lipinski definition) is 0. The molecule has 116 valence electrons. The second-order valence-corrected chi connectivity index (χ2v) is 7.55. The lowest BCUT2D eigenvalue weighted by Gasteiger charge is -2.39. The van der Waals surface area contributed by atoms with Gasteiger partial charge in [0.1, 0.15) is 18.1 Å². The van der Waals surface area contributed by atoms with Gasteiger partial charge in [-0.05, 0) is 34.1 Å². The van der Waals surface area contributed by atoms with Gasteiger partial charge >= 0.3 is 0 Å². The topological polar surface area (TPSA) is 55.9 Å². The van der Waals surface area contributed by atoms with Gasteiger partial charge in [0.2, 0.25) is 0 Å². The molecule has 2 fully saturated rings. The molecule has 0 aromatic heterocycles. The van der Waals surface area contributed by atoms with Gasteiger partial charge in [-0.3, -0.25) is 9.91 Å². The third-order valence-corrected chi connectivity index (χ3v) is 5.89. The van der Waals surface area contributed by atoms with Crippen molar-refractivity contribution in [1.29, 1.82) is 0 Å². The molecule has 6 heteroatoms. The van der Waals surface area contributed by atoms with E-state index in [0.29, 0.717) is 48.1 Å². The summed E-state index contributed by atoms with van der Waals surface area (Å²) in [4.78, 5) is 2.53. The van der Waals surface area contributed by atoms with Crippen LogP contribution in [0.3, 0.4) is 0 Å². The molecular formula is C15H26N6. The van der Waals surface area contributed by atoms with Crippen molar-refractivity contribution in [2.75, 3.05) is 13.1 Å². The van der Waals surface area contributed by atoms with Crippen molar-refractivity contribution in [3.8, 4) is 0 Å². The molecule has 0 saturated heterocycles. The zero-order chi connectivity index (χ0) is 14.7. The van der Waals surface area contributed by atoms with Crippen LogP contribution in [0.5, 0.6) is 0 Å². The Balaban J connectivity index is 1.42. The van der Waals surface area contributed by atoms with E-state index in [0.717, 1.165) is 13.1 Å². The molecule has 21 heavy (non-hydrogen) atoms. The summed E-state index contributed by atoms with van der Waals surface area (Å²) in [5, 5.41) is 20.0. The molecule has 4 aliphatic rings. The lowest BCUT2D eigenvalue weighted by molar-refractivity contribution is 0.0967. The highest BCUT2D eigenvalue weighted by atomic mass is 15.6. The molecule has 2 aliphatic heterocycles. The van der Waals surface area contributed by atoms with Gasteiger partial charge in [-0.1, -0.05) is 5.22 Å². The van der Waals surface area contributed by atoms with Crippen LogP contribution in [0.15, 0.2) is 20.6 Å². The second kappa shape index (κ2) is 4.73. The van der Waals surface area contributed by atoms with Crippen molar-refractivity contribution >= 4 is 0 Å². The molecule has 2 heterocycles. The molecule has 0 radical (unpaired) electrons. The van der Waals surface area contributed by atoms with E-state index in [1.807, 2.05) is 0 Å². The van der Waals surface area contributed by atoms with Crippen LogP contribution in [0.25, 0.3) is 0 Å². The monoisotopic (exact) mass is 290 g/mol. The Hall–Kier alpha value is -1.04. The van der Waals surface area contributed by atoms with Crippen LogP contribution in [-0.2, 0) is 0 Å². The molecule has 0 unspecified atom stereocenters. The van der Waals surface area contributed by atoms with E-state index in [2.05, 4.69) is 58.2 Å². The Morgan fingerprint density at radius 2 is 1.62 bits per heavy atom. The minimum Gasteiger partial charge on any atom is -0.297 e. The van der Waals surface area contributed by atoms with E-state index < -0.39 is 0 Å². The Bertz CT molecular complexity index is 465. The van der Waals surface area contributed by atoms with Gasteiger partial charge in [0.15, 0.2) is 0 Å². The molecule has 4 rings (SSSR count). The lowest BCUT2D eigenvalue weighted by Crippen LogP contribution is -2.53. The summed E-state index contributed by atoms with van der Waals surface area (Å²) in [7, 11) is 0. The molecule has 0 aromatic carbocycles. The predicted molar refractivity (Wildman–Crippen MR) is 80.1 cm³/mol. The molecule has 0 aromatic rings. The zero-order valence-corrected chi connectivity index (χ0v) is 13.4. The fraction of sp³-hybridized carbons (Fsp3) is 1.00. The minimum atomic E-state index is 0.391. The fourth-order valence-electron chi connectivity index (χ4n) is 4.94. The van der Waals surface area contributed by atoms with Crippen LogP contribution in [0, 0.1) is 11.8 Å². The van der Waals surface area contributed by atoms with Crippen molar-refractivity contribution in [2.24, 2.45) is 32.4 Å². The summed E-state index contributed by atoms with van der Waals surface area (Å²) in [5.41, 5.74) is 0. The van der Waals surface area contributed by atoms with Gasteiger partial charge in [-0.15, -0.1) is 0 Å². The smallest absolute Gasteiger partial charge is 0.100 e. The molecule has 2 saturated carbocycles. The Labute approximate surface area is 126 Å². The van der Waals surface area contributed by atoms with Gasteiger partial charge in [-0.25, -0.2) is 0 Å². The molecule has 6 nitrogen and oxygen atoms in total. The van der Waals surface area contributed by atoms with Gasteiger partial charge in [-0.2, -0.15) is 15.3 Å². The summed E-state index contributed by atoms with van der Waals surface area (Å²) in [6, 6.07) is 2.99. The predicted octanol–water partition coefficient (Wildman–Crippen LogP) is 2.38. The zero-order valence-electron chi connectivity index (χ0n) is 13.4. The van der Waals surface area contributed by atoms with E-state index in [-0.39, 0.29) is 0 Å². The number of fused-ring (bicyclic) bond motifs is 8. The van der Waals surface area contributed by atoms with Crippen LogP contribution in [0.4, 0.5) is 0 Å². The maximum Gasteiger partial charge on any atom is 0.100 e. The summed E-state index contributed by atoms with van der Waals surface area (Å²) < 4.78 is 0. The fourth-order valence-corrected chi connectivity index (χ4v) is 4.94. The maximum absolute atomic E-state index is 4.58. The highest BCUT2D eigenvalue weighted by molar-refractivity contribution is 5.20. The summed E-state index contributed by atoms with van der Waals surface area (Å²) in [5.74, 6) is 1.26. The highest BCUT2D eigenvalue weighted by Crippen LogP contribution is 2.55. The number of rotatable bonds is 5. The summed E-state index contributed by atoms with van der Waals surface area (Å²) in [6.45, 7) is 11.1. The summed E-state index contributed by atoms with van der Waals surface area (Å²) >= 11 is 0. The van der Waals surface area contributed by atoms with Crippen molar-refractivity contribution in [2.45, 2.75) is 70.4 Å². The van der Waals surface area contributed by atoms with Crippen LogP contribution < -0.4 is 0 Å². The van der Waals surface area contributed by atoms with Crippen molar-refractivity contribution < 1.29 is 0 Å². The Morgan fingerprint density at radius 1 is 0.952 bits per heavy atom. The summed E-state index contributed by atoms with van der Waals surface area (Å²) in [6.07, 6.45) is 1.26. The molecule has 2 aliphatic carbocycles. The van der Waals surface area contributed by atoms with Crippen LogP contribution in [0.2, 0.25) is 0 Å². The van der Waals surface area contributed by atoms with Crippen molar-refractivity contribution in [3.05, 3.63) is 0 Å². The Morgan fingerprint density at radius 3 is 2.24 bits per heavy atom. The minimum absolute atomic E-state index is 0.391. The van der Waals surface area contributed by atoms with E-state index in [9.17, 15) is 0 Å².